The number of aliphatic imine (C=N–C) groups is 1. The van der Waals surface area contributed by atoms with Crippen LogP contribution in [0.3, 0.4) is 0 Å². The second-order valence-electron chi connectivity index (χ2n) is 14.9. The Balaban J connectivity index is 1.45. The molecule has 9 heteroatoms. The fourth-order valence-corrected chi connectivity index (χ4v) is 9.67. The van der Waals surface area contributed by atoms with E-state index in [2.05, 4.69) is 41.0 Å². The molecule has 9 nitrogen and oxygen atoms in total. The number of hydrogen-bond acceptors (Lipinski definition) is 7. The number of rotatable bonds is 10. The van der Waals surface area contributed by atoms with Crippen molar-refractivity contribution < 1.29 is 9.53 Å². The van der Waals surface area contributed by atoms with Crippen LogP contribution in [0.25, 0.3) is 0 Å². The van der Waals surface area contributed by atoms with Crippen molar-refractivity contribution in [2.45, 2.75) is 134 Å². The van der Waals surface area contributed by atoms with Crippen LogP contribution in [0.5, 0.6) is 0 Å². The lowest BCUT2D eigenvalue weighted by molar-refractivity contribution is -0.129. The van der Waals surface area contributed by atoms with Crippen molar-refractivity contribution in [3.8, 4) is 6.07 Å². The van der Waals surface area contributed by atoms with E-state index in [0.717, 1.165) is 96.1 Å². The van der Waals surface area contributed by atoms with E-state index in [-0.39, 0.29) is 41.3 Å². The summed E-state index contributed by atoms with van der Waals surface area (Å²) >= 11 is 0. The molecule has 0 aromatic rings. The molecule has 5 rings (SSSR count). The second kappa shape index (κ2) is 16.0. The summed E-state index contributed by atoms with van der Waals surface area (Å²) < 4.78 is 6.75. The summed E-state index contributed by atoms with van der Waals surface area (Å²) in [6, 6.07) is 1.72. The van der Waals surface area contributed by atoms with Crippen molar-refractivity contribution in [3.05, 3.63) is 5.57 Å². The first kappa shape index (κ1) is 34.1. The predicted octanol–water partition coefficient (Wildman–Crippen LogP) is 5.05. The highest BCUT2D eigenvalue weighted by molar-refractivity contribution is 6.02. The molecule has 2 saturated heterocycles. The van der Waals surface area contributed by atoms with E-state index in [1.54, 1.807) is 0 Å². The number of amides is 1. The van der Waals surface area contributed by atoms with Crippen LogP contribution in [-0.4, -0.2) is 91.5 Å². The number of piperidine rings is 2. The highest BCUT2D eigenvalue weighted by atomic mass is 16.5. The van der Waals surface area contributed by atoms with Gasteiger partial charge in [-0.2, -0.15) is 5.26 Å². The number of hydrogen-bond donors (Lipinski definition) is 3. The summed E-state index contributed by atoms with van der Waals surface area (Å²) in [7, 11) is 2.16. The molecule has 5 aliphatic rings. The van der Waals surface area contributed by atoms with Crippen LogP contribution in [0, 0.1) is 39.9 Å². The van der Waals surface area contributed by atoms with Crippen molar-refractivity contribution in [3.63, 3.8) is 0 Å². The van der Waals surface area contributed by atoms with Crippen molar-refractivity contribution in [1.82, 2.24) is 15.1 Å². The highest BCUT2D eigenvalue weighted by Gasteiger charge is 2.52. The number of nitrogens with one attached hydrogen (secondary N) is 2. The summed E-state index contributed by atoms with van der Waals surface area (Å²) in [5.41, 5.74) is 7.40. The molecule has 3 heterocycles. The number of carbonyl (C=O) groups excluding carboxylic acids is 1. The summed E-state index contributed by atoms with van der Waals surface area (Å²) in [5, 5.41) is 21.8. The fourth-order valence-electron chi connectivity index (χ4n) is 9.67. The Morgan fingerprint density at radius 1 is 1.13 bits per heavy atom. The van der Waals surface area contributed by atoms with Crippen molar-refractivity contribution in [1.29, 1.82) is 10.7 Å². The molecule has 0 aromatic carbocycles. The molecular weight excluding hydrogens is 562 g/mol. The van der Waals surface area contributed by atoms with Gasteiger partial charge in [0, 0.05) is 31.8 Å². The van der Waals surface area contributed by atoms with Crippen LogP contribution in [0.2, 0.25) is 0 Å². The van der Waals surface area contributed by atoms with Gasteiger partial charge in [-0.3, -0.25) is 10.2 Å². The van der Waals surface area contributed by atoms with Crippen LogP contribution < -0.4 is 11.1 Å². The number of carbonyl (C=O) groups is 1. The molecule has 250 valence electrons. The number of likely N-dealkylation sites (tertiary alicyclic amines) is 2. The zero-order valence-electron chi connectivity index (χ0n) is 28.1. The zero-order chi connectivity index (χ0) is 31.8. The number of allylic oxidation sites excluding steroid dienone is 1. The van der Waals surface area contributed by atoms with Gasteiger partial charge in [-0.05, 0) is 101 Å². The molecule has 0 aromatic heterocycles. The molecule has 45 heavy (non-hydrogen) atoms. The van der Waals surface area contributed by atoms with Crippen LogP contribution in [0.15, 0.2) is 10.6 Å². The van der Waals surface area contributed by atoms with E-state index in [4.69, 9.17) is 20.9 Å². The van der Waals surface area contributed by atoms with Gasteiger partial charge in [-0.1, -0.05) is 39.0 Å². The third-order valence-electron chi connectivity index (χ3n) is 12.0. The van der Waals surface area contributed by atoms with Crippen LogP contribution >= 0.6 is 0 Å². The molecule has 2 aliphatic carbocycles. The largest absolute Gasteiger partial charge is 0.387 e. The molecule has 6 atom stereocenters. The molecule has 2 saturated carbocycles. The Hall–Kier alpha value is -2.24. The maximum Gasteiger partial charge on any atom is 0.233 e. The lowest BCUT2D eigenvalue weighted by Crippen LogP contribution is -2.60. The van der Waals surface area contributed by atoms with E-state index in [0.29, 0.717) is 12.3 Å². The van der Waals surface area contributed by atoms with Crippen molar-refractivity contribution in [2.24, 2.45) is 33.9 Å². The van der Waals surface area contributed by atoms with Gasteiger partial charge in [-0.15, -0.1) is 0 Å². The SMILES string of the molecule is CCCN1CCC(OC2CCN(C)CC2)C(NC(=O)C(C(=N)N)C2N=C=C(CC#N)CCC3(C4CCCC4)CCCCCC23)C1. The monoisotopic (exact) mass is 621 g/mol. The smallest absolute Gasteiger partial charge is 0.233 e. The molecule has 4 N–H and O–H groups in total. The number of fused-ring (bicyclic) bond motifs is 1. The Morgan fingerprint density at radius 3 is 2.60 bits per heavy atom. The Kier molecular flexibility index (Phi) is 12.2. The first-order valence-electron chi connectivity index (χ1n) is 18.2. The third-order valence-corrected chi connectivity index (χ3v) is 12.0. The van der Waals surface area contributed by atoms with Crippen LogP contribution in [0.4, 0.5) is 0 Å². The van der Waals surface area contributed by atoms with E-state index in [1.165, 1.54) is 38.5 Å². The lowest BCUT2D eigenvalue weighted by Gasteiger charge is -2.49. The highest BCUT2D eigenvalue weighted by Crippen LogP contribution is 2.57. The first-order chi connectivity index (χ1) is 21.8. The summed E-state index contributed by atoms with van der Waals surface area (Å²) in [4.78, 5) is 24.4. The molecule has 0 bridgehead atoms. The first-order valence-corrected chi connectivity index (χ1v) is 18.2. The van der Waals surface area contributed by atoms with Crippen molar-refractivity contribution in [2.75, 3.05) is 39.8 Å². The number of amidine groups is 1. The topological polar surface area (TPSA) is 131 Å². The van der Waals surface area contributed by atoms with Gasteiger partial charge in [0.25, 0.3) is 0 Å². The maximum absolute atomic E-state index is 14.5. The summed E-state index contributed by atoms with van der Waals surface area (Å²) in [6.07, 6.45) is 17.0. The zero-order valence-corrected chi connectivity index (χ0v) is 28.1. The standard InChI is InChI=1S/C36H59N7O2/c1-3-20-43-23-16-31(45-28-14-21-42(2)22-15-28)30(25-43)41-35(44)32(34(38)39)33-29-11-5-4-8-17-36(29,27-9-6-7-10-27)18-12-26(13-19-37)24-40-33/h27-33H,3-18,20-23,25H2,1-2H3,(H3,38,39)(H,41,44). The Bertz CT molecular complexity index is 1110. The Labute approximate surface area is 271 Å². The summed E-state index contributed by atoms with van der Waals surface area (Å²) in [5.74, 6) is 2.89. The van der Waals surface area contributed by atoms with Crippen molar-refractivity contribution >= 4 is 17.6 Å². The average molecular weight is 622 g/mol. The minimum atomic E-state index is -0.853. The predicted molar refractivity (Wildman–Crippen MR) is 179 cm³/mol. The molecule has 0 radical (unpaired) electrons. The van der Waals surface area contributed by atoms with Gasteiger partial charge in [0.15, 0.2) is 0 Å². The molecule has 0 spiro atoms. The van der Waals surface area contributed by atoms with Gasteiger partial charge in [-0.25, -0.2) is 4.99 Å². The third kappa shape index (κ3) is 8.19. The Morgan fingerprint density at radius 2 is 1.89 bits per heavy atom. The number of nitrogens with two attached hydrogens (primary N) is 1. The van der Waals surface area contributed by atoms with Gasteiger partial charge < -0.3 is 25.6 Å². The van der Waals surface area contributed by atoms with Gasteiger partial charge in [0.05, 0.1) is 36.8 Å². The normalized spacial score (nSPS) is 33.2. The van der Waals surface area contributed by atoms with Gasteiger partial charge in [0.2, 0.25) is 5.91 Å². The maximum atomic E-state index is 14.5. The number of nitriles is 1. The number of nitrogens with zero attached hydrogens (tertiary/aromatic N) is 4. The molecule has 1 amide bonds. The van der Waals surface area contributed by atoms with E-state index < -0.39 is 12.0 Å². The van der Waals surface area contributed by atoms with Gasteiger partial charge in [0.1, 0.15) is 11.8 Å². The van der Waals surface area contributed by atoms with Gasteiger partial charge >= 0.3 is 0 Å². The van der Waals surface area contributed by atoms with E-state index in [9.17, 15) is 10.1 Å². The van der Waals surface area contributed by atoms with Crippen LogP contribution in [-0.2, 0) is 9.53 Å². The molecule has 6 unspecified atom stereocenters. The fraction of sp³-hybridized carbons (Fsp3) is 0.861. The van der Waals surface area contributed by atoms with E-state index in [1.807, 2.05) is 0 Å². The minimum Gasteiger partial charge on any atom is -0.387 e. The quantitative estimate of drug-likeness (QED) is 0.231. The van der Waals surface area contributed by atoms with E-state index >= 15 is 0 Å². The second-order valence-corrected chi connectivity index (χ2v) is 14.9. The molecular formula is C36H59N7O2. The molecule has 3 aliphatic heterocycles. The van der Waals surface area contributed by atoms with Crippen LogP contribution in [0.1, 0.15) is 110 Å². The summed E-state index contributed by atoms with van der Waals surface area (Å²) in [6.45, 7) is 6.98. The minimum absolute atomic E-state index is 0.0542. The molecule has 4 fully saturated rings. The lowest BCUT2D eigenvalue weighted by atomic mass is 9.57. The number of ether oxygens (including phenoxy) is 1. The average Bonchev–Trinajstić information content (AvgIpc) is 3.48.